The molecule has 0 heterocycles. The van der Waals surface area contributed by atoms with Gasteiger partial charge in [-0.3, -0.25) is 4.79 Å². The predicted molar refractivity (Wildman–Crippen MR) is 147 cm³/mol. The maximum absolute atomic E-state index is 10.4. The Morgan fingerprint density at radius 2 is 1.03 bits per heavy atom. The zero-order valence-corrected chi connectivity index (χ0v) is 20.1. The number of carbonyl (C=O) groups excluding carboxylic acids is 1. The van der Waals surface area contributed by atoms with Gasteiger partial charge in [-0.05, 0) is 104 Å². The molecule has 2 heteroatoms. The number of aryl methyl sites for hydroxylation is 2. The second-order valence-electron chi connectivity index (χ2n) is 7.77. The van der Waals surface area contributed by atoms with Gasteiger partial charge in [0.2, 0.25) is 0 Å². The van der Waals surface area contributed by atoms with Crippen LogP contribution in [0.2, 0.25) is 0 Å². The van der Waals surface area contributed by atoms with Crippen molar-refractivity contribution in [3.63, 3.8) is 0 Å². The molecule has 0 radical (unpaired) electrons. The fourth-order valence-corrected chi connectivity index (χ4v) is 3.57. The molecule has 0 saturated heterocycles. The number of hydrogen-bond donors (Lipinski definition) is 0. The summed E-state index contributed by atoms with van der Waals surface area (Å²) >= 11 is 0. The number of benzene rings is 4. The quantitative estimate of drug-likeness (QED) is 0.182. The predicted octanol–water partition coefficient (Wildman–Crippen LogP) is 7.53. The van der Waals surface area contributed by atoms with Gasteiger partial charge in [-0.15, -0.1) is 13.2 Å². The highest BCUT2D eigenvalue weighted by Crippen LogP contribution is 2.35. The summed E-state index contributed by atoms with van der Waals surface area (Å²) in [5.41, 5.74) is 8.40. The van der Waals surface area contributed by atoms with E-state index >= 15 is 0 Å². The SMILES string of the molecule is C=C.Cc1cccc(N(c2ccc(C#Cc3ccc(C#CC=O)cc3)cc2)c2cccc(C)c2)c1. The Morgan fingerprint density at radius 3 is 1.46 bits per heavy atom. The largest absolute Gasteiger partial charge is 0.310 e. The van der Waals surface area contributed by atoms with Gasteiger partial charge in [-0.25, -0.2) is 0 Å². The van der Waals surface area contributed by atoms with E-state index in [-0.39, 0.29) is 0 Å². The molecule has 0 bridgehead atoms. The Bertz CT molecular complexity index is 1360. The smallest absolute Gasteiger partial charge is 0.193 e. The Labute approximate surface area is 208 Å². The lowest BCUT2D eigenvalue weighted by molar-refractivity contribution is -0.103. The maximum Gasteiger partial charge on any atom is 0.193 e. The molecule has 0 atom stereocenters. The lowest BCUT2D eigenvalue weighted by Crippen LogP contribution is -2.10. The fourth-order valence-electron chi connectivity index (χ4n) is 3.57. The highest BCUT2D eigenvalue weighted by Gasteiger charge is 2.12. The molecular weight excluding hydrogens is 426 g/mol. The van der Waals surface area contributed by atoms with Crippen LogP contribution in [0.25, 0.3) is 0 Å². The number of aldehydes is 1. The second-order valence-corrected chi connectivity index (χ2v) is 7.77. The van der Waals surface area contributed by atoms with Gasteiger partial charge >= 0.3 is 0 Å². The molecule has 0 spiro atoms. The van der Waals surface area contributed by atoms with Crippen LogP contribution in [-0.4, -0.2) is 6.29 Å². The molecule has 0 fully saturated rings. The van der Waals surface area contributed by atoms with Gasteiger partial charge in [0.05, 0.1) is 0 Å². The van der Waals surface area contributed by atoms with Gasteiger partial charge in [0.25, 0.3) is 0 Å². The Kier molecular flexibility index (Phi) is 8.84. The van der Waals surface area contributed by atoms with Crippen molar-refractivity contribution in [2.75, 3.05) is 4.90 Å². The Balaban J connectivity index is 0.00000167. The number of hydrogen-bond acceptors (Lipinski definition) is 2. The van der Waals surface area contributed by atoms with Crippen molar-refractivity contribution in [1.82, 2.24) is 0 Å². The van der Waals surface area contributed by atoms with Crippen LogP contribution in [0.1, 0.15) is 27.8 Å². The topological polar surface area (TPSA) is 20.3 Å². The maximum atomic E-state index is 10.4. The second kappa shape index (κ2) is 12.4. The molecule has 2 nitrogen and oxygen atoms in total. The molecule has 0 unspecified atom stereocenters. The van der Waals surface area contributed by atoms with E-state index in [4.69, 9.17) is 0 Å². The molecular formula is C33H27NO. The Hall–Kier alpha value is -4.79. The summed E-state index contributed by atoms with van der Waals surface area (Å²) in [6.45, 7) is 10.2. The summed E-state index contributed by atoms with van der Waals surface area (Å²) in [7, 11) is 0. The standard InChI is InChI=1S/C31H23NO.C2H4/c1-24-6-3-9-30(22-24)32(31-10-4-7-25(2)23-31)29-19-17-28(18-20-29)16-15-27-13-11-26(12-14-27)8-5-21-33;1-2/h3-4,6-7,9-14,17-23H,1-2H3;1-2H2. The van der Waals surface area contributed by atoms with Crippen molar-refractivity contribution in [1.29, 1.82) is 0 Å². The van der Waals surface area contributed by atoms with Crippen LogP contribution in [-0.2, 0) is 4.79 Å². The van der Waals surface area contributed by atoms with E-state index in [1.54, 1.807) is 0 Å². The Morgan fingerprint density at radius 1 is 0.600 bits per heavy atom. The monoisotopic (exact) mass is 453 g/mol. The molecule has 4 rings (SSSR count). The molecule has 0 N–H and O–H groups in total. The first-order chi connectivity index (χ1) is 17.1. The van der Waals surface area contributed by atoms with E-state index in [1.165, 1.54) is 11.1 Å². The minimum atomic E-state index is 0.594. The number of nitrogens with zero attached hydrogens (tertiary/aromatic N) is 1. The van der Waals surface area contributed by atoms with Crippen LogP contribution in [0.3, 0.4) is 0 Å². The summed E-state index contributed by atoms with van der Waals surface area (Å²) in [6.07, 6.45) is 0.594. The highest BCUT2D eigenvalue weighted by atomic mass is 16.1. The van der Waals surface area contributed by atoms with Crippen molar-refractivity contribution >= 4 is 23.3 Å². The summed E-state index contributed by atoms with van der Waals surface area (Å²) in [5.74, 6) is 11.6. The summed E-state index contributed by atoms with van der Waals surface area (Å²) < 4.78 is 0. The first-order valence-corrected chi connectivity index (χ1v) is 11.2. The lowest BCUT2D eigenvalue weighted by Gasteiger charge is -2.26. The summed E-state index contributed by atoms with van der Waals surface area (Å²) in [5, 5.41) is 0. The van der Waals surface area contributed by atoms with E-state index in [0.717, 1.165) is 33.8 Å². The molecule has 0 saturated carbocycles. The van der Waals surface area contributed by atoms with Crippen molar-refractivity contribution in [2.45, 2.75) is 13.8 Å². The van der Waals surface area contributed by atoms with E-state index in [1.807, 2.05) is 36.4 Å². The third kappa shape index (κ3) is 6.84. The van der Waals surface area contributed by atoms with Gasteiger partial charge in [-0.2, -0.15) is 0 Å². The minimum Gasteiger partial charge on any atom is -0.310 e. The van der Waals surface area contributed by atoms with Gasteiger partial charge in [0.1, 0.15) is 0 Å². The molecule has 0 aliphatic carbocycles. The lowest BCUT2D eigenvalue weighted by atomic mass is 10.1. The fraction of sp³-hybridized carbons (Fsp3) is 0.0606. The number of anilines is 3. The van der Waals surface area contributed by atoms with E-state index in [9.17, 15) is 4.79 Å². The molecule has 0 aliphatic rings. The molecule has 0 amide bonds. The number of carbonyl (C=O) groups is 1. The van der Waals surface area contributed by atoms with Crippen LogP contribution >= 0.6 is 0 Å². The molecule has 35 heavy (non-hydrogen) atoms. The zero-order valence-electron chi connectivity index (χ0n) is 20.1. The van der Waals surface area contributed by atoms with Crippen LogP contribution in [0.4, 0.5) is 17.1 Å². The molecule has 0 aromatic heterocycles. The first kappa shape index (κ1) is 24.8. The van der Waals surface area contributed by atoms with Gasteiger partial charge in [-0.1, -0.05) is 42.0 Å². The molecule has 4 aromatic rings. The molecule has 4 aromatic carbocycles. The summed E-state index contributed by atoms with van der Waals surface area (Å²) in [4.78, 5) is 12.6. The first-order valence-electron chi connectivity index (χ1n) is 11.2. The summed E-state index contributed by atoms with van der Waals surface area (Å²) in [6, 6.07) is 32.9. The van der Waals surface area contributed by atoms with Crippen LogP contribution < -0.4 is 4.90 Å². The third-order valence-electron chi connectivity index (χ3n) is 5.16. The average molecular weight is 454 g/mol. The van der Waals surface area contributed by atoms with Crippen LogP contribution in [0.15, 0.2) is 110 Å². The van der Waals surface area contributed by atoms with Crippen LogP contribution in [0.5, 0.6) is 0 Å². The van der Waals surface area contributed by atoms with Gasteiger partial charge in [0, 0.05) is 33.8 Å². The number of rotatable bonds is 3. The molecule has 170 valence electrons. The van der Waals surface area contributed by atoms with Gasteiger partial charge < -0.3 is 4.90 Å². The average Bonchev–Trinajstić information content (AvgIpc) is 2.89. The van der Waals surface area contributed by atoms with E-state index in [2.05, 4.69) is 116 Å². The van der Waals surface area contributed by atoms with Crippen molar-refractivity contribution in [3.05, 3.63) is 138 Å². The normalized spacial score (nSPS) is 9.31. The van der Waals surface area contributed by atoms with Gasteiger partial charge in [0.15, 0.2) is 6.29 Å². The highest BCUT2D eigenvalue weighted by molar-refractivity contribution is 5.77. The third-order valence-corrected chi connectivity index (χ3v) is 5.16. The van der Waals surface area contributed by atoms with E-state index in [0.29, 0.717) is 6.29 Å². The van der Waals surface area contributed by atoms with E-state index < -0.39 is 0 Å². The minimum absolute atomic E-state index is 0.594. The molecule has 0 aliphatic heterocycles. The van der Waals surface area contributed by atoms with Crippen molar-refractivity contribution in [2.24, 2.45) is 0 Å². The van der Waals surface area contributed by atoms with Crippen LogP contribution in [0, 0.1) is 37.5 Å². The van der Waals surface area contributed by atoms with Crippen molar-refractivity contribution < 1.29 is 4.79 Å². The van der Waals surface area contributed by atoms with Crippen molar-refractivity contribution in [3.8, 4) is 23.7 Å². The zero-order chi connectivity index (χ0) is 25.0.